The summed E-state index contributed by atoms with van der Waals surface area (Å²) in [6.07, 6.45) is 3.45. The van der Waals surface area contributed by atoms with Crippen molar-refractivity contribution >= 4 is 17.7 Å². The Balaban J connectivity index is 2.26. The molecule has 0 spiro atoms. The van der Waals surface area contributed by atoms with E-state index >= 15 is 0 Å². The number of amides is 1. The second-order valence-corrected chi connectivity index (χ2v) is 3.93. The van der Waals surface area contributed by atoms with Crippen LogP contribution in [0.2, 0.25) is 0 Å². The van der Waals surface area contributed by atoms with Crippen LogP contribution >= 0.6 is 11.8 Å². The van der Waals surface area contributed by atoms with Crippen molar-refractivity contribution in [1.29, 1.82) is 5.26 Å². The molecular weight excluding hydrogens is 172 g/mol. The van der Waals surface area contributed by atoms with E-state index in [1.54, 1.807) is 11.8 Å². The molecule has 0 atom stereocenters. The first kappa shape index (κ1) is 9.40. The highest BCUT2D eigenvalue weighted by Gasteiger charge is 2.50. The third kappa shape index (κ3) is 1.92. The molecule has 1 N–H and O–H groups in total. The summed E-state index contributed by atoms with van der Waals surface area (Å²) >= 11 is 1.68. The number of hydrogen-bond acceptors (Lipinski definition) is 3. The molecule has 0 radical (unpaired) electrons. The maximum atomic E-state index is 11.3. The van der Waals surface area contributed by atoms with E-state index in [2.05, 4.69) is 11.4 Å². The molecule has 0 aromatic rings. The van der Waals surface area contributed by atoms with Gasteiger partial charge in [0.1, 0.15) is 5.41 Å². The van der Waals surface area contributed by atoms with E-state index in [4.69, 9.17) is 5.26 Å². The molecule has 0 unspecified atom stereocenters. The highest BCUT2D eigenvalue weighted by Crippen LogP contribution is 2.44. The smallest absolute Gasteiger partial charge is 0.240 e. The Bertz CT molecular complexity index is 218. The zero-order chi connectivity index (χ0) is 9.03. The van der Waals surface area contributed by atoms with Crippen LogP contribution in [0.5, 0.6) is 0 Å². The van der Waals surface area contributed by atoms with Gasteiger partial charge in [-0.05, 0) is 19.1 Å². The first-order valence-electron chi connectivity index (χ1n) is 3.94. The fourth-order valence-corrected chi connectivity index (χ4v) is 1.26. The van der Waals surface area contributed by atoms with Crippen molar-refractivity contribution in [3.8, 4) is 6.07 Å². The minimum Gasteiger partial charge on any atom is -0.354 e. The van der Waals surface area contributed by atoms with Gasteiger partial charge in [-0.15, -0.1) is 0 Å². The fourth-order valence-electron chi connectivity index (χ4n) is 0.950. The van der Waals surface area contributed by atoms with Gasteiger partial charge in [-0.25, -0.2) is 0 Å². The van der Waals surface area contributed by atoms with Crippen molar-refractivity contribution in [2.45, 2.75) is 12.8 Å². The van der Waals surface area contributed by atoms with Crippen LogP contribution in [-0.2, 0) is 4.79 Å². The van der Waals surface area contributed by atoms with E-state index in [9.17, 15) is 4.79 Å². The SMILES string of the molecule is CSCCNC(=O)C1(C#N)CC1. The second-order valence-electron chi connectivity index (χ2n) is 2.94. The van der Waals surface area contributed by atoms with Crippen molar-refractivity contribution in [3.63, 3.8) is 0 Å². The lowest BCUT2D eigenvalue weighted by molar-refractivity contribution is -0.124. The van der Waals surface area contributed by atoms with Crippen LogP contribution in [-0.4, -0.2) is 24.5 Å². The van der Waals surface area contributed by atoms with Gasteiger partial charge in [-0.2, -0.15) is 17.0 Å². The van der Waals surface area contributed by atoms with Crippen LogP contribution < -0.4 is 5.32 Å². The molecule has 4 heteroatoms. The highest BCUT2D eigenvalue weighted by molar-refractivity contribution is 7.98. The predicted molar refractivity (Wildman–Crippen MR) is 48.7 cm³/mol. The molecular formula is C8H12N2OS. The molecule has 66 valence electrons. The molecule has 1 aliphatic rings. The number of hydrogen-bond donors (Lipinski definition) is 1. The molecule has 0 aromatic heterocycles. The molecule has 12 heavy (non-hydrogen) atoms. The predicted octanol–water partition coefficient (Wildman–Crippen LogP) is 0.769. The van der Waals surface area contributed by atoms with Crippen LogP contribution in [0.1, 0.15) is 12.8 Å². The Morgan fingerprint density at radius 2 is 2.42 bits per heavy atom. The Kier molecular flexibility index (Phi) is 2.99. The van der Waals surface area contributed by atoms with Gasteiger partial charge in [-0.3, -0.25) is 4.79 Å². The van der Waals surface area contributed by atoms with Crippen LogP contribution in [0.3, 0.4) is 0 Å². The molecule has 1 amide bonds. The molecule has 0 saturated heterocycles. The number of nitrogens with one attached hydrogen (secondary N) is 1. The summed E-state index contributed by atoms with van der Waals surface area (Å²) in [5.74, 6) is 0.826. The molecule has 1 rings (SSSR count). The monoisotopic (exact) mass is 184 g/mol. The normalized spacial score (nSPS) is 18.0. The quantitative estimate of drug-likeness (QED) is 0.656. The van der Waals surface area contributed by atoms with Crippen LogP contribution in [0, 0.1) is 16.7 Å². The standard InChI is InChI=1S/C8H12N2OS/c1-12-5-4-10-7(11)8(6-9)2-3-8/h2-5H2,1H3,(H,10,11). The summed E-state index contributed by atoms with van der Waals surface area (Å²) in [6, 6.07) is 2.06. The lowest BCUT2D eigenvalue weighted by atomic mass is 10.1. The maximum absolute atomic E-state index is 11.3. The van der Waals surface area contributed by atoms with Crippen LogP contribution in [0.4, 0.5) is 0 Å². The number of carbonyl (C=O) groups excluding carboxylic acids is 1. The van der Waals surface area contributed by atoms with Gasteiger partial charge in [0.15, 0.2) is 0 Å². The first-order valence-corrected chi connectivity index (χ1v) is 5.33. The minimum absolute atomic E-state index is 0.0842. The molecule has 3 nitrogen and oxygen atoms in total. The van der Waals surface area contributed by atoms with Gasteiger partial charge in [0, 0.05) is 12.3 Å². The summed E-state index contributed by atoms with van der Waals surface area (Å²) in [5.41, 5.74) is -0.654. The molecule has 1 saturated carbocycles. The highest BCUT2D eigenvalue weighted by atomic mass is 32.2. The molecule has 0 aromatic carbocycles. The van der Waals surface area contributed by atoms with E-state index in [1.165, 1.54) is 0 Å². The van der Waals surface area contributed by atoms with E-state index in [0.717, 1.165) is 18.6 Å². The third-order valence-corrected chi connectivity index (χ3v) is 2.60. The first-order chi connectivity index (χ1) is 5.75. The summed E-state index contributed by atoms with van der Waals surface area (Å²) in [5, 5.41) is 11.4. The van der Waals surface area contributed by atoms with Gasteiger partial charge in [0.05, 0.1) is 6.07 Å². The van der Waals surface area contributed by atoms with Crippen LogP contribution in [0.15, 0.2) is 0 Å². The molecule has 1 aliphatic carbocycles. The zero-order valence-electron chi connectivity index (χ0n) is 7.09. The van der Waals surface area contributed by atoms with Crippen molar-refractivity contribution in [3.05, 3.63) is 0 Å². The van der Waals surface area contributed by atoms with E-state index < -0.39 is 5.41 Å². The average Bonchev–Trinajstić information content (AvgIpc) is 2.85. The van der Waals surface area contributed by atoms with Gasteiger partial charge in [-0.1, -0.05) is 0 Å². The van der Waals surface area contributed by atoms with Crippen molar-refractivity contribution in [2.24, 2.45) is 5.41 Å². The van der Waals surface area contributed by atoms with Gasteiger partial charge in [0.2, 0.25) is 5.91 Å². The molecule has 1 fully saturated rings. The van der Waals surface area contributed by atoms with Gasteiger partial charge >= 0.3 is 0 Å². The molecule has 0 bridgehead atoms. The van der Waals surface area contributed by atoms with Crippen molar-refractivity contribution < 1.29 is 4.79 Å². The molecule has 0 aliphatic heterocycles. The minimum atomic E-state index is -0.654. The number of thioether (sulfide) groups is 1. The van der Waals surface area contributed by atoms with Crippen molar-refractivity contribution in [2.75, 3.05) is 18.6 Å². The number of nitriles is 1. The second kappa shape index (κ2) is 3.81. The van der Waals surface area contributed by atoms with Crippen LogP contribution in [0.25, 0.3) is 0 Å². The summed E-state index contributed by atoms with van der Waals surface area (Å²) in [6.45, 7) is 0.670. The van der Waals surface area contributed by atoms with E-state index in [0.29, 0.717) is 6.54 Å². The topological polar surface area (TPSA) is 52.9 Å². The fraction of sp³-hybridized carbons (Fsp3) is 0.750. The van der Waals surface area contributed by atoms with E-state index in [-0.39, 0.29) is 5.91 Å². The number of rotatable bonds is 4. The molecule has 0 heterocycles. The lowest BCUT2D eigenvalue weighted by Crippen LogP contribution is -2.32. The summed E-state index contributed by atoms with van der Waals surface area (Å²) in [7, 11) is 0. The van der Waals surface area contributed by atoms with Gasteiger partial charge < -0.3 is 5.32 Å². The maximum Gasteiger partial charge on any atom is 0.240 e. The average molecular weight is 184 g/mol. The lowest BCUT2D eigenvalue weighted by Gasteiger charge is -2.06. The number of nitrogens with zero attached hydrogens (tertiary/aromatic N) is 1. The van der Waals surface area contributed by atoms with Gasteiger partial charge in [0.25, 0.3) is 0 Å². The number of carbonyl (C=O) groups is 1. The Labute approximate surface area is 76.5 Å². The Morgan fingerprint density at radius 3 is 2.83 bits per heavy atom. The zero-order valence-corrected chi connectivity index (χ0v) is 7.91. The summed E-state index contributed by atoms with van der Waals surface area (Å²) < 4.78 is 0. The Morgan fingerprint density at radius 1 is 1.75 bits per heavy atom. The Hall–Kier alpha value is -0.690. The third-order valence-electron chi connectivity index (χ3n) is 1.99. The van der Waals surface area contributed by atoms with E-state index in [1.807, 2.05) is 6.26 Å². The van der Waals surface area contributed by atoms with Crippen molar-refractivity contribution in [1.82, 2.24) is 5.32 Å². The summed E-state index contributed by atoms with van der Waals surface area (Å²) in [4.78, 5) is 11.3. The largest absolute Gasteiger partial charge is 0.354 e.